The summed E-state index contributed by atoms with van der Waals surface area (Å²) in [5.41, 5.74) is 6.28. The highest BCUT2D eigenvalue weighted by molar-refractivity contribution is 8.60. The fourth-order valence-corrected chi connectivity index (χ4v) is 7.95. The molecule has 2 aromatic rings. The Hall–Kier alpha value is -1.24. The Labute approximate surface area is 156 Å². The third-order valence-electron chi connectivity index (χ3n) is 3.98. The van der Waals surface area contributed by atoms with Gasteiger partial charge in [0.1, 0.15) is 24.2 Å². The van der Waals surface area contributed by atoms with Crippen LogP contribution in [0.2, 0.25) is 0 Å². The Morgan fingerprint density at radius 2 is 1.89 bits per heavy atom. The number of rotatable bonds is 6. The van der Waals surface area contributed by atoms with E-state index in [4.69, 9.17) is 20.3 Å². The summed E-state index contributed by atoms with van der Waals surface area (Å²) in [7, 11) is -11.4. The Morgan fingerprint density at radius 1 is 1.21 bits per heavy atom. The summed E-state index contributed by atoms with van der Waals surface area (Å²) in [5.74, 6) is 0.125. The molecule has 0 bridgehead atoms. The van der Waals surface area contributed by atoms with Gasteiger partial charge in [-0.3, -0.25) is 13.7 Å². The minimum Gasteiger partial charge on any atom is -0.390 e. The minimum absolute atomic E-state index is 0.0194. The Balaban J connectivity index is 1.74. The number of anilines is 1. The van der Waals surface area contributed by atoms with Crippen molar-refractivity contribution in [1.82, 2.24) is 19.5 Å². The van der Waals surface area contributed by atoms with Gasteiger partial charge in [-0.05, 0) is 0 Å². The van der Waals surface area contributed by atoms with E-state index in [-0.39, 0.29) is 12.2 Å². The molecule has 156 valence electrons. The molecule has 1 aliphatic heterocycles. The van der Waals surface area contributed by atoms with Crippen molar-refractivity contribution in [3.8, 4) is 0 Å². The second kappa shape index (κ2) is 7.22. The van der Waals surface area contributed by atoms with Crippen LogP contribution in [0.15, 0.2) is 12.7 Å². The quantitative estimate of drug-likeness (QED) is 0.300. The van der Waals surface area contributed by atoms with Crippen molar-refractivity contribution in [3.63, 3.8) is 0 Å². The minimum atomic E-state index is -5.88. The van der Waals surface area contributed by atoms with Crippen molar-refractivity contribution in [2.24, 2.45) is 0 Å². The number of aromatic nitrogens is 4. The van der Waals surface area contributed by atoms with Crippen molar-refractivity contribution in [2.45, 2.75) is 24.9 Å². The average molecular weight is 459 g/mol. The van der Waals surface area contributed by atoms with E-state index in [9.17, 15) is 28.6 Å². The third kappa shape index (κ3) is 3.66. The molecule has 0 saturated carbocycles. The van der Waals surface area contributed by atoms with Gasteiger partial charge in [0.05, 0.1) is 19.0 Å². The molecule has 0 radical (unpaired) electrons. The number of nitrogens with zero attached hydrogens (tertiary/aromatic N) is 4. The number of aliphatic hydroxyl groups excluding tert-OH is 1. The highest BCUT2D eigenvalue weighted by atomic mass is 32.5. The van der Waals surface area contributed by atoms with Gasteiger partial charge in [-0.2, -0.15) is 0 Å². The molecular formula is C10H16N5O10P3. The van der Waals surface area contributed by atoms with E-state index < -0.39 is 46.4 Å². The Kier molecular flexibility index (Phi) is 5.54. The van der Waals surface area contributed by atoms with Gasteiger partial charge in [0.2, 0.25) is 0 Å². The molecule has 0 spiro atoms. The summed E-state index contributed by atoms with van der Waals surface area (Å²) in [4.78, 5) is 48.2. The summed E-state index contributed by atoms with van der Waals surface area (Å²) < 4.78 is 45.7. The lowest BCUT2D eigenvalue weighted by atomic mass is 10.2. The van der Waals surface area contributed by atoms with Crippen molar-refractivity contribution in [2.75, 3.05) is 12.3 Å². The van der Waals surface area contributed by atoms with Gasteiger partial charge in [-0.15, -0.1) is 0 Å². The molecule has 0 aromatic carbocycles. The van der Waals surface area contributed by atoms with Crippen LogP contribution < -0.4 is 5.73 Å². The van der Waals surface area contributed by atoms with Crippen LogP contribution in [0.25, 0.3) is 11.2 Å². The molecule has 3 heterocycles. The third-order valence-corrected chi connectivity index (χ3v) is 14.3. The van der Waals surface area contributed by atoms with Crippen molar-refractivity contribution >= 4 is 38.3 Å². The van der Waals surface area contributed by atoms with E-state index >= 15 is 0 Å². The number of hydrogen-bond donors (Lipinski definition) is 6. The van der Waals surface area contributed by atoms with Gasteiger partial charge in [-0.1, -0.05) is 0 Å². The van der Waals surface area contributed by atoms with Crippen LogP contribution in [0.4, 0.5) is 5.82 Å². The monoisotopic (exact) mass is 459 g/mol. The van der Waals surface area contributed by atoms with E-state index in [1.165, 1.54) is 17.2 Å². The number of hydrogen-bond acceptors (Lipinski definition) is 10. The van der Waals surface area contributed by atoms with E-state index in [2.05, 4.69) is 19.5 Å². The summed E-state index contributed by atoms with van der Waals surface area (Å²) in [5, 5.41) is 10.1. The lowest BCUT2D eigenvalue weighted by Gasteiger charge is -2.21. The molecule has 2 unspecified atom stereocenters. The normalized spacial score (nSPS) is 27.5. The SMILES string of the molecule is Nc1ncnc2c1ncn2[C@H]1C[C@H](O)[C@@H](COP(=O)(O)P(=O)(O)P(=O)(O)O)O1. The van der Waals surface area contributed by atoms with Gasteiger partial charge in [0.25, 0.3) is 0 Å². The van der Waals surface area contributed by atoms with E-state index in [0.717, 1.165) is 0 Å². The summed E-state index contributed by atoms with van der Waals surface area (Å²) in [6.45, 7) is -6.76. The fourth-order valence-electron chi connectivity index (χ4n) is 2.51. The Bertz CT molecular complexity index is 1040. The van der Waals surface area contributed by atoms with Crippen LogP contribution in [-0.4, -0.2) is 63.0 Å². The fraction of sp³-hybridized carbons (Fsp3) is 0.500. The second-order valence-electron chi connectivity index (χ2n) is 5.83. The van der Waals surface area contributed by atoms with Crippen LogP contribution in [0.1, 0.15) is 12.6 Å². The first-order valence-corrected chi connectivity index (χ1v) is 13.7. The summed E-state index contributed by atoms with van der Waals surface area (Å²) >= 11 is 0. The topological polar surface area (TPSA) is 240 Å². The number of imidazole rings is 1. The number of fused-ring (bicyclic) bond motifs is 1. The van der Waals surface area contributed by atoms with Crippen molar-refractivity contribution in [1.29, 1.82) is 0 Å². The zero-order valence-electron chi connectivity index (χ0n) is 13.8. The predicted molar refractivity (Wildman–Crippen MR) is 91.9 cm³/mol. The molecule has 5 atom stereocenters. The maximum absolute atomic E-state index is 11.8. The zero-order valence-corrected chi connectivity index (χ0v) is 16.5. The van der Waals surface area contributed by atoms with Crippen molar-refractivity contribution < 1.29 is 47.6 Å². The smallest absolute Gasteiger partial charge is 0.390 e. The average Bonchev–Trinajstić information content (AvgIpc) is 3.16. The zero-order chi connectivity index (χ0) is 20.9. The van der Waals surface area contributed by atoms with Crippen LogP contribution in [-0.2, 0) is 23.0 Å². The highest BCUT2D eigenvalue weighted by Crippen LogP contribution is 2.94. The van der Waals surface area contributed by atoms with Crippen molar-refractivity contribution in [3.05, 3.63) is 12.7 Å². The molecule has 1 fully saturated rings. The summed E-state index contributed by atoms with van der Waals surface area (Å²) in [6.07, 6.45) is -0.778. The van der Waals surface area contributed by atoms with E-state index in [0.29, 0.717) is 11.2 Å². The van der Waals surface area contributed by atoms with Gasteiger partial charge in [0, 0.05) is 6.42 Å². The molecule has 0 aliphatic carbocycles. The molecule has 0 amide bonds. The molecule has 15 nitrogen and oxygen atoms in total. The number of nitrogen functional groups attached to an aromatic ring is 1. The van der Waals surface area contributed by atoms with Crippen LogP contribution in [0.3, 0.4) is 0 Å². The lowest BCUT2D eigenvalue weighted by Crippen LogP contribution is -2.26. The molecule has 7 N–H and O–H groups in total. The maximum atomic E-state index is 11.8. The maximum Gasteiger partial charge on any atom is 0.422 e. The Morgan fingerprint density at radius 3 is 2.54 bits per heavy atom. The van der Waals surface area contributed by atoms with Crippen LogP contribution in [0, 0.1) is 0 Å². The van der Waals surface area contributed by atoms with E-state index in [1.807, 2.05) is 0 Å². The summed E-state index contributed by atoms with van der Waals surface area (Å²) in [6, 6.07) is 0. The molecule has 2 aromatic heterocycles. The first kappa shape index (κ1) is 21.5. The lowest BCUT2D eigenvalue weighted by molar-refractivity contribution is -0.0389. The number of nitrogens with two attached hydrogens (primary N) is 1. The van der Waals surface area contributed by atoms with E-state index in [1.54, 1.807) is 0 Å². The standard InChI is InChI=1S/C10H16N5O10P3/c11-9-8-10(13-3-12-9)15(4-14-8)7-1-5(16)6(25-7)2-24-27(20,21)28(22,23)26(17,18)19/h3-7,16H,1-2H2,(H,20,21)(H,22,23)(H2,11,12,13)(H2,17,18,19)/t5-,6+,7+/m0/s1. The molecule has 3 rings (SSSR count). The first-order valence-electron chi connectivity index (χ1n) is 7.48. The van der Waals surface area contributed by atoms with Crippen LogP contribution in [0.5, 0.6) is 0 Å². The second-order valence-corrected chi connectivity index (χ2v) is 16.4. The molecular weight excluding hydrogens is 443 g/mol. The molecule has 18 heteroatoms. The van der Waals surface area contributed by atoms with Crippen LogP contribution >= 0.6 is 21.3 Å². The molecule has 28 heavy (non-hydrogen) atoms. The number of aliphatic hydroxyl groups is 1. The molecule has 1 aliphatic rings. The van der Waals surface area contributed by atoms with Gasteiger partial charge >= 0.3 is 21.3 Å². The predicted octanol–water partition coefficient (Wildman–Crippen LogP) is -0.463. The van der Waals surface area contributed by atoms with Gasteiger partial charge in [0.15, 0.2) is 11.5 Å². The van der Waals surface area contributed by atoms with Gasteiger partial charge < -0.3 is 35.2 Å². The molecule has 1 saturated heterocycles. The first-order chi connectivity index (χ1) is 12.8. The highest BCUT2D eigenvalue weighted by Gasteiger charge is 2.58. The van der Waals surface area contributed by atoms with Gasteiger partial charge in [-0.25, -0.2) is 24.1 Å². The largest absolute Gasteiger partial charge is 0.422 e. The number of ether oxygens (including phenoxy) is 1.